The van der Waals surface area contributed by atoms with E-state index in [0.717, 1.165) is 0 Å². The van der Waals surface area contributed by atoms with Gasteiger partial charge in [0.2, 0.25) is 0 Å². The Hall–Kier alpha value is -0.544. The van der Waals surface area contributed by atoms with E-state index >= 15 is 0 Å². The monoisotopic (exact) mass is 738 g/mol. The summed E-state index contributed by atoms with van der Waals surface area (Å²) in [5, 5.41) is 0. The Morgan fingerprint density at radius 2 is 0.857 bits per heavy atom. The average molecular weight is 739 g/mol. The summed E-state index contributed by atoms with van der Waals surface area (Å²) in [6.45, 7) is 36.0. The van der Waals surface area contributed by atoms with Crippen molar-refractivity contribution in [2.45, 2.75) is 121 Å². The van der Waals surface area contributed by atoms with Crippen LogP contribution < -0.4 is 0 Å². The molecule has 0 spiro atoms. The smallest absolute Gasteiger partial charge is 0.668 e. The topological polar surface area (TPSA) is 72.8 Å². The molecule has 2 aromatic carbocycles. The molecule has 0 heterocycles. The molecule has 4 nitrogen and oxygen atoms in total. The molecule has 0 aliphatic rings. The van der Waals surface area contributed by atoms with Gasteiger partial charge in [0.15, 0.2) is 0 Å². The minimum absolute atomic E-state index is 0. The van der Waals surface area contributed by atoms with Crippen molar-refractivity contribution < 1.29 is 31.1 Å². The second-order valence-electron chi connectivity index (χ2n) is 11.2. The predicted molar refractivity (Wildman–Crippen MR) is 161 cm³/mol. The zero-order chi connectivity index (χ0) is 27.6. The van der Waals surface area contributed by atoms with Gasteiger partial charge in [0.05, 0.1) is 0 Å². The molecule has 0 fully saturated rings. The molecule has 0 bridgehead atoms. The molecule has 0 aromatic heterocycles. The molecule has 0 radical (unpaired) electrons. The van der Waals surface area contributed by atoms with Gasteiger partial charge in [0, 0.05) is 0 Å². The Balaban J connectivity index is -0.000000412. The average Bonchev–Trinajstić information content (AvgIpc) is 2.99. The van der Waals surface area contributed by atoms with Crippen LogP contribution in [0.25, 0.3) is 20.6 Å². The summed E-state index contributed by atoms with van der Waals surface area (Å²) in [5.74, 6) is 0. The van der Waals surface area contributed by atoms with Gasteiger partial charge >= 0.3 is 31.1 Å². The van der Waals surface area contributed by atoms with E-state index < -0.39 is 16.5 Å². The third-order valence-corrected chi connectivity index (χ3v) is 11.9. The summed E-state index contributed by atoms with van der Waals surface area (Å²) < 4.78 is 4.82. The Kier molecular flexibility index (Phi) is 19.0. The summed E-state index contributed by atoms with van der Waals surface area (Å²) in [5.41, 5.74) is 28.6. The number of hydrogen-bond donors (Lipinski definition) is 0. The molecule has 2 rings (SSSR count). The zero-order valence-corrected chi connectivity index (χ0v) is 31.9. The van der Waals surface area contributed by atoms with E-state index in [9.17, 15) is 0 Å². The molecule has 0 saturated carbocycles. The first kappa shape index (κ1) is 39.0. The predicted octanol–water partition coefficient (Wildman–Crippen LogP) is 10.3. The van der Waals surface area contributed by atoms with Crippen LogP contribution in [0.3, 0.4) is 0 Å². The van der Waals surface area contributed by atoms with Crippen LogP contribution in [0.4, 0.5) is 0 Å². The summed E-state index contributed by atoms with van der Waals surface area (Å²) >= 11 is 0. The molecule has 35 heavy (non-hydrogen) atoms. The zero-order valence-electron chi connectivity index (χ0n) is 25.7. The van der Waals surface area contributed by atoms with Gasteiger partial charge in [-0.2, -0.15) is 55.6 Å². The first-order valence-corrected chi connectivity index (χ1v) is 19.4. The van der Waals surface area contributed by atoms with Crippen molar-refractivity contribution in [3.63, 3.8) is 0 Å². The van der Waals surface area contributed by atoms with Crippen molar-refractivity contribution in [3.05, 3.63) is 76.3 Å². The van der Waals surface area contributed by atoms with E-state index in [-0.39, 0.29) is 31.1 Å². The molecule has 196 valence electrons. The van der Waals surface area contributed by atoms with Gasteiger partial charge in [-0.25, -0.2) is 0 Å². The SMILES string of the molecule is CCc1c(C)c(C)[c-](C)c1C.CCc1c(C)c(C)[c-](C)c1C.C[Si](C)(C)[N-][Si](C)(C)C.[N-]=[N+]=[N-].[U+4]. The molecular formula is C28H52N4Si2U. The van der Waals surface area contributed by atoms with Crippen LogP contribution in [0.2, 0.25) is 39.3 Å². The summed E-state index contributed by atoms with van der Waals surface area (Å²) in [7, 11) is -2.21. The Bertz CT molecular complexity index is 815. The van der Waals surface area contributed by atoms with Crippen LogP contribution in [-0.4, -0.2) is 16.5 Å². The Morgan fingerprint density at radius 3 is 0.914 bits per heavy atom. The fourth-order valence-electron chi connectivity index (χ4n) is 4.66. The van der Waals surface area contributed by atoms with Crippen molar-refractivity contribution in [1.82, 2.24) is 0 Å². The molecule has 7 heteroatoms. The molecule has 0 aliphatic heterocycles. The molecule has 0 atom stereocenters. The van der Waals surface area contributed by atoms with Crippen LogP contribution >= 0.6 is 0 Å². The van der Waals surface area contributed by atoms with Crippen LogP contribution in [-0.2, 0) is 12.8 Å². The van der Waals surface area contributed by atoms with Crippen LogP contribution in [0.1, 0.15) is 69.5 Å². The third-order valence-electron chi connectivity index (χ3n) is 6.56. The fourth-order valence-corrected chi connectivity index (χ4v) is 12.7. The van der Waals surface area contributed by atoms with E-state index in [2.05, 4.69) is 109 Å². The molecular weight excluding hydrogens is 687 g/mol. The van der Waals surface area contributed by atoms with Gasteiger partial charge in [-0.3, -0.25) is 4.91 Å². The maximum Gasteiger partial charge on any atom is 4.00 e. The Labute approximate surface area is 243 Å². The molecule has 0 amide bonds. The second kappa shape index (κ2) is 17.1. The van der Waals surface area contributed by atoms with Gasteiger partial charge in [0.25, 0.3) is 0 Å². The van der Waals surface area contributed by atoms with E-state index in [4.69, 9.17) is 15.7 Å². The normalized spacial score (nSPS) is 10.5. The standard InChI is InChI=1S/2C11H17.C6H18NSi2.N3.U/c2*1-6-11-9(4)7(2)8(3)10(11)5;1-8(2,3)7-9(4,5)6;1-3-2;/h2*6H2,1-5H3;1-6H3;;/q4*-1;+4. The second-order valence-corrected chi connectivity index (χ2v) is 20.8. The number of nitrogens with zero attached hydrogens (tertiary/aromatic N) is 4. The molecule has 0 aliphatic carbocycles. The van der Waals surface area contributed by atoms with Gasteiger partial charge in [-0.05, 0) is 0 Å². The van der Waals surface area contributed by atoms with Crippen LogP contribution in [0.15, 0.2) is 0 Å². The van der Waals surface area contributed by atoms with E-state index in [1.165, 1.54) is 62.3 Å². The third kappa shape index (κ3) is 13.5. The molecule has 0 saturated heterocycles. The van der Waals surface area contributed by atoms with Gasteiger partial charge in [-0.1, -0.05) is 138 Å². The van der Waals surface area contributed by atoms with Crippen molar-refractivity contribution in [2.75, 3.05) is 0 Å². The maximum absolute atomic E-state index is 6.75. The van der Waals surface area contributed by atoms with E-state index in [1.807, 2.05) is 0 Å². The van der Waals surface area contributed by atoms with E-state index in [1.54, 1.807) is 11.1 Å². The van der Waals surface area contributed by atoms with E-state index in [0.29, 0.717) is 0 Å². The number of rotatable bonds is 4. The van der Waals surface area contributed by atoms with Gasteiger partial charge in [-0.15, -0.1) is 0 Å². The Morgan fingerprint density at radius 1 is 0.629 bits per heavy atom. The van der Waals surface area contributed by atoms with Crippen LogP contribution in [0.5, 0.6) is 0 Å². The molecule has 0 unspecified atom stereocenters. The van der Waals surface area contributed by atoms with Crippen LogP contribution in [0, 0.1) is 86.5 Å². The van der Waals surface area contributed by atoms with Gasteiger partial charge < -0.3 is 15.7 Å². The minimum atomic E-state index is -1.11. The van der Waals surface area contributed by atoms with Gasteiger partial charge in [0.1, 0.15) is 0 Å². The summed E-state index contributed by atoms with van der Waals surface area (Å²) in [4.78, 5) is 1.50. The first-order chi connectivity index (χ1) is 15.3. The van der Waals surface area contributed by atoms with Crippen molar-refractivity contribution in [2.24, 2.45) is 0 Å². The van der Waals surface area contributed by atoms with Crippen molar-refractivity contribution in [1.29, 1.82) is 0 Å². The fraction of sp³-hybridized carbons (Fsp3) is 0.643. The molecule has 2 aromatic rings. The summed E-state index contributed by atoms with van der Waals surface area (Å²) in [6.07, 6.45) is 2.35. The summed E-state index contributed by atoms with van der Waals surface area (Å²) in [6, 6.07) is 0. The minimum Gasteiger partial charge on any atom is -0.668 e. The quantitative estimate of drug-likeness (QED) is 0.0985. The largest absolute Gasteiger partial charge is 4.00 e. The van der Waals surface area contributed by atoms with Crippen molar-refractivity contribution in [3.8, 4) is 0 Å². The molecule has 0 N–H and O–H groups in total. The number of hydrogen-bond acceptors (Lipinski definition) is 0. The maximum atomic E-state index is 6.75. The van der Waals surface area contributed by atoms with Crippen molar-refractivity contribution >= 4 is 16.5 Å². The first-order valence-electron chi connectivity index (χ1n) is 12.5.